The number of aromatic nitrogens is 2. The summed E-state index contributed by atoms with van der Waals surface area (Å²) < 4.78 is 22.2. The number of nitrogens with zero attached hydrogens (tertiary/aromatic N) is 1. The predicted octanol–water partition coefficient (Wildman–Crippen LogP) is 1.23. The highest BCUT2D eigenvalue weighted by Crippen LogP contribution is 2.26. The Bertz CT molecular complexity index is 620. The van der Waals surface area contributed by atoms with Crippen molar-refractivity contribution in [1.82, 2.24) is 10.2 Å². The van der Waals surface area contributed by atoms with Gasteiger partial charge in [-0.15, -0.1) is 0 Å². The van der Waals surface area contributed by atoms with Gasteiger partial charge < -0.3 is 11.1 Å². The third-order valence-corrected chi connectivity index (χ3v) is 5.23. The molecule has 1 unspecified atom stereocenters. The molecule has 0 spiro atoms. The quantitative estimate of drug-likeness (QED) is 0.689. The number of anilines is 1. The molecule has 1 aromatic heterocycles. The first-order chi connectivity index (χ1) is 10.8. The Labute approximate surface area is 137 Å². The summed E-state index contributed by atoms with van der Waals surface area (Å²) >= 11 is 0. The summed E-state index contributed by atoms with van der Waals surface area (Å²) in [6.07, 6.45) is 8.57. The first-order valence-electron chi connectivity index (χ1n) is 8.12. The van der Waals surface area contributed by atoms with Crippen molar-refractivity contribution in [3.63, 3.8) is 0 Å². The minimum absolute atomic E-state index is 0.101. The third kappa shape index (κ3) is 6.31. The largest absolute Gasteiger partial charge is 0.320 e. The highest BCUT2D eigenvalue weighted by atomic mass is 32.2. The van der Waals surface area contributed by atoms with Crippen LogP contribution in [-0.4, -0.2) is 42.6 Å². The smallest absolute Gasteiger partial charge is 0.242 e. The minimum Gasteiger partial charge on any atom is -0.320 e. The number of carbonyl (C=O) groups is 1. The van der Waals surface area contributed by atoms with E-state index in [0.29, 0.717) is 11.7 Å². The van der Waals surface area contributed by atoms with Gasteiger partial charge in [0.05, 0.1) is 11.8 Å². The van der Waals surface area contributed by atoms with Gasteiger partial charge in [-0.2, -0.15) is 5.10 Å². The van der Waals surface area contributed by atoms with Crippen LogP contribution in [0.2, 0.25) is 0 Å². The van der Waals surface area contributed by atoms with Crippen molar-refractivity contribution in [3.8, 4) is 0 Å². The van der Waals surface area contributed by atoms with Crippen LogP contribution in [0.3, 0.4) is 0 Å². The lowest BCUT2D eigenvalue weighted by Crippen LogP contribution is -2.37. The van der Waals surface area contributed by atoms with E-state index in [1.54, 1.807) is 0 Å². The van der Waals surface area contributed by atoms with E-state index in [1.807, 2.05) is 6.07 Å². The highest BCUT2D eigenvalue weighted by Gasteiger charge is 2.18. The maximum Gasteiger partial charge on any atom is 0.242 e. The average molecular weight is 342 g/mol. The van der Waals surface area contributed by atoms with E-state index in [4.69, 9.17) is 5.73 Å². The van der Waals surface area contributed by atoms with E-state index >= 15 is 0 Å². The molecule has 4 N–H and O–H groups in total. The SMILES string of the molecule is CS(=O)(=O)CCC(N)C(=O)Nc1cc(CC2CCCCC2)[nH]n1. The molecular weight excluding hydrogens is 316 g/mol. The van der Waals surface area contributed by atoms with Gasteiger partial charge in [-0.05, 0) is 18.8 Å². The van der Waals surface area contributed by atoms with Gasteiger partial charge in [0.2, 0.25) is 5.91 Å². The van der Waals surface area contributed by atoms with E-state index in [9.17, 15) is 13.2 Å². The fourth-order valence-electron chi connectivity index (χ4n) is 2.92. The normalized spacial score (nSPS) is 17.8. The second-order valence-corrected chi connectivity index (χ2v) is 8.76. The van der Waals surface area contributed by atoms with Gasteiger partial charge in [-0.1, -0.05) is 32.1 Å². The van der Waals surface area contributed by atoms with Crippen LogP contribution in [0.1, 0.15) is 44.2 Å². The molecule has 130 valence electrons. The van der Waals surface area contributed by atoms with Crippen LogP contribution < -0.4 is 11.1 Å². The molecule has 1 amide bonds. The lowest BCUT2D eigenvalue weighted by atomic mass is 9.86. The molecule has 0 radical (unpaired) electrons. The van der Waals surface area contributed by atoms with Crippen LogP contribution in [0.25, 0.3) is 0 Å². The number of sulfone groups is 1. The molecule has 2 rings (SSSR count). The van der Waals surface area contributed by atoms with E-state index in [-0.39, 0.29) is 12.2 Å². The van der Waals surface area contributed by atoms with Gasteiger partial charge in [0, 0.05) is 18.0 Å². The third-order valence-electron chi connectivity index (χ3n) is 4.25. The fraction of sp³-hybridized carbons (Fsp3) is 0.733. The Morgan fingerprint density at radius 1 is 1.43 bits per heavy atom. The summed E-state index contributed by atoms with van der Waals surface area (Å²) in [7, 11) is -3.12. The van der Waals surface area contributed by atoms with Crippen LogP contribution in [0.4, 0.5) is 5.82 Å². The van der Waals surface area contributed by atoms with E-state index < -0.39 is 21.8 Å². The average Bonchev–Trinajstić information content (AvgIpc) is 2.92. The summed E-state index contributed by atoms with van der Waals surface area (Å²) in [5.74, 6) is 0.611. The number of hydrogen-bond acceptors (Lipinski definition) is 5. The maximum atomic E-state index is 11.9. The molecule has 1 aromatic rings. The molecule has 1 heterocycles. The number of amides is 1. The molecular formula is C15H26N4O3S. The van der Waals surface area contributed by atoms with Crippen molar-refractivity contribution in [2.45, 2.75) is 51.0 Å². The summed E-state index contributed by atoms with van der Waals surface area (Å²) in [5, 5.41) is 9.67. The maximum absolute atomic E-state index is 11.9. The second-order valence-electron chi connectivity index (χ2n) is 6.50. The molecule has 7 nitrogen and oxygen atoms in total. The molecule has 1 aliphatic carbocycles. The van der Waals surface area contributed by atoms with Gasteiger partial charge in [0.1, 0.15) is 9.84 Å². The summed E-state index contributed by atoms with van der Waals surface area (Å²) in [4.78, 5) is 11.9. The predicted molar refractivity (Wildman–Crippen MR) is 89.8 cm³/mol. The molecule has 8 heteroatoms. The van der Waals surface area contributed by atoms with E-state index in [0.717, 1.165) is 18.4 Å². The number of nitrogens with one attached hydrogen (secondary N) is 2. The van der Waals surface area contributed by atoms with Crippen LogP contribution in [0.5, 0.6) is 0 Å². The molecule has 1 aliphatic rings. The van der Waals surface area contributed by atoms with Crippen molar-refractivity contribution in [3.05, 3.63) is 11.8 Å². The molecule has 0 aromatic carbocycles. The summed E-state index contributed by atoms with van der Waals surface area (Å²) in [6, 6.07) is 0.971. The molecule has 1 atom stereocenters. The minimum atomic E-state index is -3.12. The number of H-pyrrole nitrogens is 1. The molecule has 1 fully saturated rings. The Kier molecular flexibility index (Phi) is 6.17. The van der Waals surface area contributed by atoms with Gasteiger partial charge in [-0.25, -0.2) is 8.42 Å². The molecule has 0 saturated heterocycles. The molecule has 1 saturated carbocycles. The lowest BCUT2D eigenvalue weighted by Gasteiger charge is -2.20. The monoisotopic (exact) mass is 342 g/mol. The van der Waals surface area contributed by atoms with Gasteiger partial charge in [0.15, 0.2) is 5.82 Å². The summed E-state index contributed by atoms with van der Waals surface area (Å²) in [5.41, 5.74) is 6.73. The van der Waals surface area contributed by atoms with Crippen molar-refractivity contribution in [2.24, 2.45) is 11.7 Å². The Balaban J connectivity index is 1.81. The summed E-state index contributed by atoms with van der Waals surface area (Å²) in [6.45, 7) is 0. The van der Waals surface area contributed by atoms with E-state index in [1.165, 1.54) is 32.1 Å². The lowest BCUT2D eigenvalue weighted by molar-refractivity contribution is -0.117. The first-order valence-corrected chi connectivity index (χ1v) is 10.2. The van der Waals surface area contributed by atoms with Crippen LogP contribution >= 0.6 is 0 Å². The van der Waals surface area contributed by atoms with Crippen molar-refractivity contribution in [2.75, 3.05) is 17.3 Å². The van der Waals surface area contributed by atoms with Gasteiger partial charge in [0.25, 0.3) is 0 Å². The number of rotatable bonds is 7. The highest BCUT2D eigenvalue weighted by molar-refractivity contribution is 7.90. The van der Waals surface area contributed by atoms with Gasteiger partial charge >= 0.3 is 0 Å². The number of carbonyl (C=O) groups excluding carboxylic acids is 1. The number of nitrogens with two attached hydrogens (primary N) is 1. The fourth-order valence-corrected chi connectivity index (χ4v) is 3.61. The Hall–Kier alpha value is -1.41. The number of hydrogen-bond donors (Lipinski definition) is 3. The van der Waals surface area contributed by atoms with Crippen LogP contribution in [-0.2, 0) is 21.1 Å². The van der Waals surface area contributed by atoms with Crippen LogP contribution in [0.15, 0.2) is 6.07 Å². The van der Waals surface area contributed by atoms with Crippen molar-refractivity contribution >= 4 is 21.6 Å². The molecule has 0 bridgehead atoms. The first kappa shape index (κ1) is 17.9. The second kappa shape index (κ2) is 7.92. The molecule has 0 aliphatic heterocycles. The zero-order valence-corrected chi connectivity index (χ0v) is 14.4. The van der Waals surface area contributed by atoms with Gasteiger partial charge in [-0.3, -0.25) is 9.89 Å². The van der Waals surface area contributed by atoms with Crippen molar-refractivity contribution in [1.29, 1.82) is 0 Å². The molecule has 23 heavy (non-hydrogen) atoms. The zero-order chi connectivity index (χ0) is 16.9. The Morgan fingerprint density at radius 2 is 2.13 bits per heavy atom. The van der Waals surface area contributed by atoms with Crippen LogP contribution in [0, 0.1) is 5.92 Å². The topological polar surface area (TPSA) is 118 Å². The van der Waals surface area contributed by atoms with Crippen molar-refractivity contribution < 1.29 is 13.2 Å². The van der Waals surface area contributed by atoms with E-state index in [2.05, 4.69) is 15.5 Å². The number of aromatic amines is 1. The Morgan fingerprint density at radius 3 is 2.78 bits per heavy atom. The standard InChI is InChI=1S/C15H26N4O3S/c1-23(21,22)8-7-13(16)15(20)17-14-10-12(18-19-14)9-11-5-3-2-4-6-11/h10-11,13H,2-9,16H2,1H3,(H2,17,18,19,20). The zero-order valence-electron chi connectivity index (χ0n) is 13.5.